The first kappa shape index (κ1) is 21.2. The van der Waals surface area contributed by atoms with E-state index in [9.17, 15) is 0 Å². The second kappa shape index (κ2) is 9.33. The van der Waals surface area contributed by atoms with E-state index in [0.717, 1.165) is 48.6 Å². The van der Waals surface area contributed by atoms with Crippen molar-refractivity contribution in [1.82, 2.24) is 14.6 Å². The third kappa shape index (κ3) is 4.41. The Bertz CT molecular complexity index is 989. The van der Waals surface area contributed by atoms with Crippen LogP contribution in [0.4, 0.5) is 11.6 Å². The van der Waals surface area contributed by atoms with Crippen LogP contribution in [0.2, 0.25) is 5.02 Å². The topological polar surface area (TPSA) is 77.9 Å². The zero-order chi connectivity index (χ0) is 21.0. The second-order valence-electron chi connectivity index (χ2n) is 6.92. The predicted octanol–water partition coefficient (Wildman–Crippen LogP) is 4.20. The molecule has 0 aliphatic rings. The molecule has 3 aromatic rings. The van der Waals surface area contributed by atoms with Gasteiger partial charge in [-0.15, -0.1) is 0 Å². The molecule has 0 atom stereocenters. The smallest absolute Gasteiger partial charge is 0.160 e. The maximum atomic E-state index is 6.47. The number of ether oxygens (including phenoxy) is 2. The molecule has 0 radical (unpaired) electrons. The minimum absolute atomic E-state index is 0.507. The van der Waals surface area contributed by atoms with E-state index < -0.39 is 0 Å². The summed E-state index contributed by atoms with van der Waals surface area (Å²) < 4.78 is 12.3. The number of nitrogens with zero attached hydrogens (tertiary/aromatic N) is 4. The fourth-order valence-corrected chi connectivity index (χ4v) is 3.68. The zero-order valence-electron chi connectivity index (χ0n) is 17.4. The van der Waals surface area contributed by atoms with Crippen LogP contribution in [0, 0.1) is 6.92 Å². The van der Waals surface area contributed by atoms with Crippen LogP contribution in [0.15, 0.2) is 24.3 Å². The Morgan fingerprint density at radius 2 is 2.00 bits per heavy atom. The van der Waals surface area contributed by atoms with E-state index in [1.165, 1.54) is 0 Å². The normalized spacial score (nSPS) is 11.2. The lowest BCUT2D eigenvalue weighted by Gasteiger charge is -2.26. The summed E-state index contributed by atoms with van der Waals surface area (Å²) in [5, 5.41) is 5.41. The SMILES string of the molecule is CCCN(CCCOC)c1c(C)c(N)nc2cc(-c3ccc(OC)cc3Cl)nn12. The first-order valence-corrected chi connectivity index (χ1v) is 10.1. The van der Waals surface area contributed by atoms with E-state index >= 15 is 0 Å². The van der Waals surface area contributed by atoms with Crippen molar-refractivity contribution in [3.05, 3.63) is 34.9 Å². The lowest BCUT2D eigenvalue weighted by molar-refractivity contribution is 0.196. The molecule has 2 heterocycles. The monoisotopic (exact) mass is 417 g/mol. The quantitative estimate of drug-likeness (QED) is 0.525. The first-order chi connectivity index (χ1) is 14.0. The molecule has 0 aliphatic heterocycles. The van der Waals surface area contributed by atoms with E-state index in [4.69, 9.17) is 31.9 Å². The largest absolute Gasteiger partial charge is 0.497 e. The Morgan fingerprint density at radius 1 is 1.21 bits per heavy atom. The summed E-state index contributed by atoms with van der Waals surface area (Å²) in [6.07, 6.45) is 1.92. The molecule has 7 nitrogen and oxygen atoms in total. The van der Waals surface area contributed by atoms with Crippen molar-refractivity contribution in [3.8, 4) is 17.0 Å². The molecule has 1 aromatic carbocycles. The highest BCUT2D eigenvalue weighted by Gasteiger charge is 2.19. The molecule has 2 aromatic heterocycles. The molecule has 0 saturated heterocycles. The minimum Gasteiger partial charge on any atom is -0.497 e. The van der Waals surface area contributed by atoms with Crippen LogP contribution in [0.5, 0.6) is 5.75 Å². The molecular weight excluding hydrogens is 390 g/mol. The Labute approximate surface area is 176 Å². The van der Waals surface area contributed by atoms with E-state index in [1.807, 2.05) is 29.6 Å². The van der Waals surface area contributed by atoms with Crippen LogP contribution in [0.3, 0.4) is 0 Å². The summed E-state index contributed by atoms with van der Waals surface area (Å²) in [5.41, 5.74) is 9.41. The number of benzene rings is 1. The fraction of sp³-hybridized carbons (Fsp3) is 0.429. The molecule has 8 heteroatoms. The van der Waals surface area contributed by atoms with Crippen LogP contribution >= 0.6 is 11.6 Å². The van der Waals surface area contributed by atoms with Crippen molar-refractivity contribution in [1.29, 1.82) is 0 Å². The van der Waals surface area contributed by atoms with Gasteiger partial charge in [-0.1, -0.05) is 18.5 Å². The van der Waals surface area contributed by atoms with Crippen molar-refractivity contribution < 1.29 is 9.47 Å². The third-order valence-electron chi connectivity index (χ3n) is 4.87. The van der Waals surface area contributed by atoms with Crippen molar-refractivity contribution in [2.75, 3.05) is 44.5 Å². The molecule has 3 rings (SSSR count). The average Bonchev–Trinajstić information content (AvgIpc) is 3.11. The summed E-state index contributed by atoms with van der Waals surface area (Å²) in [6, 6.07) is 7.46. The van der Waals surface area contributed by atoms with Gasteiger partial charge < -0.3 is 20.1 Å². The van der Waals surface area contributed by atoms with Crippen molar-refractivity contribution >= 4 is 28.9 Å². The molecule has 0 saturated carbocycles. The molecule has 0 spiro atoms. The summed E-state index contributed by atoms with van der Waals surface area (Å²) in [5.74, 6) is 2.17. The number of hydrogen-bond acceptors (Lipinski definition) is 6. The van der Waals surface area contributed by atoms with Crippen LogP contribution < -0.4 is 15.4 Å². The fourth-order valence-electron chi connectivity index (χ4n) is 3.41. The highest BCUT2D eigenvalue weighted by atomic mass is 35.5. The molecule has 0 bridgehead atoms. The molecule has 156 valence electrons. The molecule has 0 fully saturated rings. The number of anilines is 2. The highest BCUT2D eigenvalue weighted by molar-refractivity contribution is 6.33. The molecule has 0 amide bonds. The van der Waals surface area contributed by atoms with E-state index in [0.29, 0.717) is 28.8 Å². The minimum atomic E-state index is 0.507. The van der Waals surface area contributed by atoms with Gasteiger partial charge in [0.05, 0.1) is 17.8 Å². The number of nitrogen functional groups attached to an aromatic ring is 1. The summed E-state index contributed by atoms with van der Waals surface area (Å²) in [6.45, 7) is 6.58. The molecule has 0 unspecified atom stereocenters. The van der Waals surface area contributed by atoms with Crippen LogP contribution in [-0.2, 0) is 4.74 Å². The van der Waals surface area contributed by atoms with Gasteiger partial charge in [0, 0.05) is 44.0 Å². The van der Waals surface area contributed by atoms with Crippen LogP contribution in [-0.4, -0.2) is 48.5 Å². The van der Waals surface area contributed by atoms with E-state index in [2.05, 4.69) is 16.8 Å². The summed E-state index contributed by atoms with van der Waals surface area (Å²) >= 11 is 6.47. The maximum Gasteiger partial charge on any atom is 0.160 e. The molecular formula is C21H28ClN5O2. The van der Waals surface area contributed by atoms with Crippen LogP contribution in [0.1, 0.15) is 25.3 Å². The second-order valence-corrected chi connectivity index (χ2v) is 7.33. The highest BCUT2D eigenvalue weighted by Crippen LogP contribution is 2.33. The zero-order valence-corrected chi connectivity index (χ0v) is 18.2. The van der Waals surface area contributed by atoms with Gasteiger partial charge in [-0.05, 0) is 38.0 Å². The van der Waals surface area contributed by atoms with E-state index in [-0.39, 0.29) is 0 Å². The van der Waals surface area contributed by atoms with E-state index in [1.54, 1.807) is 20.3 Å². The Balaban J connectivity index is 2.11. The lowest BCUT2D eigenvalue weighted by Crippen LogP contribution is -2.29. The van der Waals surface area contributed by atoms with Crippen molar-refractivity contribution in [2.24, 2.45) is 0 Å². The maximum absolute atomic E-state index is 6.47. The van der Waals surface area contributed by atoms with Gasteiger partial charge in [0.1, 0.15) is 17.4 Å². The van der Waals surface area contributed by atoms with Gasteiger partial charge in [-0.3, -0.25) is 0 Å². The molecule has 0 aliphatic carbocycles. The van der Waals surface area contributed by atoms with Gasteiger partial charge in [0.15, 0.2) is 5.65 Å². The number of fused-ring (bicyclic) bond motifs is 1. The lowest BCUT2D eigenvalue weighted by atomic mass is 10.1. The Kier molecular flexibility index (Phi) is 6.82. The average molecular weight is 418 g/mol. The number of methoxy groups -OCH3 is 2. The van der Waals surface area contributed by atoms with Gasteiger partial charge in [-0.25, -0.2) is 4.98 Å². The van der Waals surface area contributed by atoms with Gasteiger partial charge in [-0.2, -0.15) is 9.61 Å². The first-order valence-electron chi connectivity index (χ1n) is 9.73. The molecule has 29 heavy (non-hydrogen) atoms. The van der Waals surface area contributed by atoms with Crippen molar-refractivity contribution in [2.45, 2.75) is 26.7 Å². The number of rotatable bonds is 9. The Hall–Kier alpha value is -2.51. The summed E-state index contributed by atoms with van der Waals surface area (Å²) in [7, 11) is 3.33. The van der Waals surface area contributed by atoms with Crippen molar-refractivity contribution in [3.63, 3.8) is 0 Å². The third-order valence-corrected chi connectivity index (χ3v) is 5.18. The summed E-state index contributed by atoms with van der Waals surface area (Å²) in [4.78, 5) is 6.84. The predicted molar refractivity (Wildman–Crippen MR) is 118 cm³/mol. The number of aromatic nitrogens is 3. The number of halogens is 1. The van der Waals surface area contributed by atoms with Crippen LogP contribution in [0.25, 0.3) is 16.9 Å². The van der Waals surface area contributed by atoms with Gasteiger partial charge >= 0.3 is 0 Å². The Morgan fingerprint density at radius 3 is 2.66 bits per heavy atom. The van der Waals surface area contributed by atoms with Gasteiger partial charge in [0.25, 0.3) is 0 Å². The number of hydrogen-bond donors (Lipinski definition) is 1. The van der Waals surface area contributed by atoms with Gasteiger partial charge in [0.2, 0.25) is 0 Å². The number of nitrogens with two attached hydrogens (primary N) is 1. The molecule has 2 N–H and O–H groups in total. The standard InChI is InChI=1S/C21H28ClN5O2/c1-5-9-26(10-6-11-28-3)21-14(2)20(23)24-19-13-18(25-27(19)21)16-8-7-15(29-4)12-17(16)22/h7-8,12-13H,5-6,9-11H2,1-4H3,(H2,23,24).